The number of rotatable bonds is 2. The Bertz CT molecular complexity index is 416. The monoisotopic (exact) mass is 268 g/mol. The van der Waals surface area contributed by atoms with Gasteiger partial charge in [0.1, 0.15) is 0 Å². The first kappa shape index (κ1) is 11.9. The van der Waals surface area contributed by atoms with E-state index in [1.165, 1.54) is 7.11 Å². The van der Waals surface area contributed by atoms with E-state index in [0.29, 0.717) is 10.2 Å². The van der Waals surface area contributed by atoms with Gasteiger partial charge in [-0.25, -0.2) is 0 Å². The third-order valence-electron chi connectivity index (χ3n) is 2.33. The minimum absolute atomic E-state index is 0.0818. The minimum atomic E-state index is -0.428. The molecule has 0 aromatic heterocycles. The van der Waals surface area contributed by atoms with Crippen molar-refractivity contribution in [3.05, 3.63) is 22.2 Å². The topological polar surface area (TPSA) is 29.5 Å². The summed E-state index contributed by atoms with van der Waals surface area (Å²) in [7, 11) is 1.51. The summed E-state index contributed by atoms with van der Waals surface area (Å²) in [4.78, 5) is 0. The highest BCUT2D eigenvalue weighted by molar-refractivity contribution is 9.10. The van der Waals surface area contributed by atoms with Gasteiger partial charge in [-0.1, -0.05) is 12.0 Å². The second-order valence-corrected chi connectivity index (χ2v) is 4.54. The molecule has 0 bridgehead atoms. The number of methoxy groups -OCH3 is 1. The van der Waals surface area contributed by atoms with Gasteiger partial charge in [-0.15, -0.1) is 6.42 Å². The van der Waals surface area contributed by atoms with Crippen LogP contribution in [0.15, 0.2) is 16.6 Å². The van der Waals surface area contributed by atoms with E-state index in [0.717, 1.165) is 5.56 Å². The van der Waals surface area contributed by atoms with Gasteiger partial charge in [-0.05, 0) is 41.4 Å². The summed E-state index contributed by atoms with van der Waals surface area (Å²) in [6, 6.07) is 3.55. The SMILES string of the molecule is C#CC(C)(C)c1ccc(OC)c(O)c1Br. The third-order valence-corrected chi connectivity index (χ3v) is 3.14. The fraction of sp³-hybridized carbons (Fsp3) is 0.333. The lowest BCUT2D eigenvalue weighted by atomic mass is 9.85. The number of hydrogen-bond acceptors (Lipinski definition) is 2. The van der Waals surface area contributed by atoms with Crippen LogP contribution in [0, 0.1) is 12.3 Å². The molecule has 0 amide bonds. The fourth-order valence-corrected chi connectivity index (χ4v) is 2.10. The maximum absolute atomic E-state index is 9.80. The van der Waals surface area contributed by atoms with Crippen LogP contribution in [0.25, 0.3) is 0 Å². The normalized spacial score (nSPS) is 10.9. The highest BCUT2D eigenvalue weighted by atomic mass is 79.9. The summed E-state index contributed by atoms with van der Waals surface area (Å²) in [5, 5.41) is 9.80. The number of terminal acetylenes is 1. The fourth-order valence-electron chi connectivity index (χ4n) is 1.27. The molecule has 2 nitrogen and oxygen atoms in total. The smallest absolute Gasteiger partial charge is 0.172 e. The first-order valence-corrected chi connectivity index (χ1v) is 5.27. The molecule has 1 N–H and O–H groups in total. The standard InChI is InChI=1S/C12H13BrO2/c1-5-12(2,3)8-6-7-9(15-4)11(14)10(8)13/h1,6-7,14H,2-4H3. The third kappa shape index (κ3) is 2.10. The van der Waals surface area contributed by atoms with Crippen molar-refractivity contribution in [2.75, 3.05) is 7.11 Å². The van der Waals surface area contributed by atoms with E-state index < -0.39 is 5.41 Å². The molecule has 3 heteroatoms. The van der Waals surface area contributed by atoms with E-state index in [-0.39, 0.29) is 5.75 Å². The summed E-state index contributed by atoms with van der Waals surface area (Å²) < 4.78 is 5.58. The van der Waals surface area contributed by atoms with Crippen LogP contribution < -0.4 is 4.74 Å². The van der Waals surface area contributed by atoms with Crippen LogP contribution in [-0.2, 0) is 5.41 Å². The quantitative estimate of drug-likeness (QED) is 0.836. The van der Waals surface area contributed by atoms with Crippen molar-refractivity contribution in [3.8, 4) is 23.8 Å². The van der Waals surface area contributed by atoms with Gasteiger partial charge in [0.2, 0.25) is 0 Å². The van der Waals surface area contributed by atoms with Crippen LogP contribution in [0.3, 0.4) is 0 Å². The number of hydrogen-bond donors (Lipinski definition) is 1. The van der Waals surface area contributed by atoms with Gasteiger partial charge in [0, 0.05) is 0 Å². The number of halogens is 1. The maximum Gasteiger partial charge on any atom is 0.172 e. The van der Waals surface area contributed by atoms with Gasteiger partial charge in [0.25, 0.3) is 0 Å². The molecule has 0 unspecified atom stereocenters. The number of phenolic OH excluding ortho intramolecular Hbond substituents is 1. The highest BCUT2D eigenvalue weighted by Gasteiger charge is 2.23. The average Bonchev–Trinajstić information content (AvgIpc) is 2.21. The first-order chi connectivity index (χ1) is 6.94. The van der Waals surface area contributed by atoms with E-state index in [1.807, 2.05) is 19.9 Å². The maximum atomic E-state index is 9.80. The Hall–Kier alpha value is -1.14. The van der Waals surface area contributed by atoms with Gasteiger partial charge in [-0.3, -0.25) is 0 Å². The average molecular weight is 269 g/mol. The van der Waals surface area contributed by atoms with Gasteiger partial charge in [-0.2, -0.15) is 0 Å². The molecule has 0 fully saturated rings. The Labute approximate surface area is 98.4 Å². The Morgan fingerprint density at radius 2 is 2.07 bits per heavy atom. The second-order valence-electron chi connectivity index (χ2n) is 3.75. The van der Waals surface area contributed by atoms with Crippen molar-refractivity contribution in [1.82, 2.24) is 0 Å². The highest BCUT2D eigenvalue weighted by Crippen LogP contribution is 2.40. The first-order valence-electron chi connectivity index (χ1n) is 4.47. The Balaban J connectivity index is 3.38. The molecule has 0 saturated carbocycles. The van der Waals surface area contributed by atoms with Gasteiger partial charge in [0.05, 0.1) is 17.0 Å². The Kier molecular flexibility index (Phi) is 3.31. The lowest BCUT2D eigenvalue weighted by Crippen LogP contribution is -2.14. The molecule has 1 rings (SSSR count). The molecular formula is C12H13BrO2. The zero-order chi connectivity index (χ0) is 11.6. The summed E-state index contributed by atoms with van der Waals surface area (Å²) in [6.45, 7) is 3.83. The molecule has 1 aromatic rings. The molecule has 80 valence electrons. The zero-order valence-electron chi connectivity index (χ0n) is 8.97. The molecule has 0 radical (unpaired) electrons. The van der Waals surface area contributed by atoms with Gasteiger partial charge in [0.15, 0.2) is 11.5 Å². The van der Waals surface area contributed by atoms with Crippen LogP contribution in [0.1, 0.15) is 19.4 Å². The largest absolute Gasteiger partial charge is 0.503 e. The van der Waals surface area contributed by atoms with Crippen molar-refractivity contribution in [1.29, 1.82) is 0 Å². The molecule has 0 aliphatic heterocycles. The molecule has 0 aliphatic carbocycles. The second kappa shape index (κ2) is 4.16. The summed E-state index contributed by atoms with van der Waals surface area (Å²) in [5.74, 6) is 3.19. The molecule has 0 spiro atoms. The predicted octanol–water partition coefficient (Wildman–Crippen LogP) is 3.07. The number of ether oxygens (including phenoxy) is 1. The van der Waals surface area contributed by atoms with Crippen molar-refractivity contribution in [3.63, 3.8) is 0 Å². The van der Waals surface area contributed by atoms with E-state index in [1.54, 1.807) is 6.07 Å². The van der Waals surface area contributed by atoms with E-state index >= 15 is 0 Å². The predicted molar refractivity (Wildman–Crippen MR) is 64.2 cm³/mol. The molecule has 0 atom stereocenters. The molecule has 0 saturated heterocycles. The molecule has 15 heavy (non-hydrogen) atoms. The Morgan fingerprint density at radius 3 is 2.53 bits per heavy atom. The summed E-state index contributed by atoms with van der Waals surface area (Å²) in [6.07, 6.45) is 5.44. The summed E-state index contributed by atoms with van der Waals surface area (Å²) >= 11 is 3.32. The minimum Gasteiger partial charge on any atom is -0.503 e. The van der Waals surface area contributed by atoms with Crippen LogP contribution in [-0.4, -0.2) is 12.2 Å². The number of phenols is 1. The van der Waals surface area contributed by atoms with E-state index in [4.69, 9.17) is 11.2 Å². The molecule has 0 aliphatic rings. The Morgan fingerprint density at radius 1 is 1.47 bits per heavy atom. The number of aromatic hydroxyl groups is 1. The molecule has 1 aromatic carbocycles. The molecule has 0 heterocycles. The van der Waals surface area contributed by atoms with Crippen LogP contribution >= 0.6 is 15.9 Å². The number of benzene rings is 1. The van der Waals surface area contributed by atoms with Crippen molar-refractivity contribution in [2.45, 2.75) is 19.3 Å². The van der Waals surface area contributed by atoms with Crippen molar-refractivity contribution >= 4 is 15.9 Å². The summed E-state index contributed by atoms with van der Waals surface area (Å²) in [5.41, 5.74) is 0.436. The van der Waals surface area contributed by atoms with Gasteiger partial charge >= 0.3 is 0 Å². The lowest BCUT2D eigenvalue weighted by Gasteiger charge is -2.21. The zero-order valence-corrected chi connectivity index (χ0v) is 10.6. The lowest BCUT2D eigenvalue weighted by molar-refractivity contribution is 0.370. The van der Waals surface area contributed by atoms with Crippen LogP contribution in [0.5, 0.6) is 11.5 Å². The van der Waals surface area contributed by atoms with Crippen molar-refractivity contribution < 1.29 is 9.84 Å². The van der Waals surface area contributed by atoms with E-state index in [2.05, 4.69) is 21.9 Å². The van der Waals surface area contributed by atoms with Gasteiger partial charge < -0.3 is 9.84 Å². The van der Waals surface area contributed by atoms with Crippen LogP contribution in [0.4, 0.5) is 0 Å². The molecular weight excluding hydrogens is 256 g/mol. The van der Waals surface area contributed by atoms with Crippen LogP contribution in [0.2, 0.25) is 0 Å². The van der Waals surface area contributed by atoms with E-state index in [9.17, 15) is 5.11 Å². The van der Waals surface area contributed by atoms with Crippen molar-refractivity contribution in [2.24, 2.45) is 0 Å².